The van der Waals surface area contributed by atoms with Crippen molar-refractivity contribution in [2.45, 2.75) is 65.5 Å². The first kappa shape index (κ1) is 16.1. The van der Waals surface area contributed by atoms with E-state index in [0.29, 0.717) is 6.54 Å². The number of hydrogen-bond donors (Lipinski definition) is 1. The maximum absolute atomic E-state index is 12.6. The summed E-state index contributed by atoms with van der Waals surface area (Å²) < 4.78 is 1.91. The summed E-state index contributed by atoms with van der Waals surface area (Å²) in [6, 6.07) is 0.0932. The van der Waals surface area contributed by atoms with Gasteiger partial charge in [-0.2, -0.15) is 5.10 Å². The zero-order valence-corrected chi connectivity index (χ0v) is 15.1. The summed E-state index contributed by atoms with van der Waals surface area (Å²) in [5, 5.41) is 8.51. The van der Waals surface area contributed by atoms with Crippen molar-refractivity contribution in [3.8, 4) is 0 Å². The Balaban J connectivity index is 1.72. The van der Waals surface area contributed by atoms with E-state index in [1.54, 1.807) is 0 Å². The van der Waals surface area contributed by atoms with Crippen LogP contribution in [0.3, 0.4) is 0 Å². The van der Waals surface area contributed by atoms with Crippen LogP contribution in [-0.4, -0.2) is 31.7 Å². The Labute approximate surface area is 140 Å². The summed E-state index contributed by atoms with van der Waals surface area (Å²) in [6.45, 7) is 10.8. The third-order valence-corrected chi connectivity index (χ3v) is 5.53. The van der Waals surface area contributed by atoms with Gasteiger partial charge in [0.05, 0.1) is 17.2 Å². The summed E-state index contributed by atoms with van der Waals surface area (Å²) in [5.74, 6) is 1.78. The van der Waals surface area contributed by atoms with E-state index in [9.17, 15) is 4.79 Å². The molecule has 0 spiro atoms. The quantitative estimate of drug-likeness (QED) is 0.916. The summed E-state index contributed by atoms with van der Waals surface area (Å²) in [6.07, 6.45) is 1.74. The first-order valence-corrected chi connectivity index (χ1v) is 8.75. The SMILES string of the molecule is Cc1nc2n(n1)CC(NC(=O)c1sc(C(C)(C)C)nc1C)CC2. The zero-order chi connectivity index (χ0) is 16.8. The molecule has 1 aliphatic rings. The average molecular weight is 333 g/mol. The van der Waals surface area contributed by atoms with Crippen molar-refractivity contribution in [3.05, 3.63) is 27.2 Å². The van der Waals surface area contributed by atoms with Crippen LogP contribution >= 0.6 is 11.3 Å². The van der Waals surface area contributed by atoms with Gasteiger partial charge >= 0.3 is 0 Å². The molecule has 0 fully saturated rings. The molecule has 1 aliphatic heterocycles. The highest BCUT2D eigenvalue weighted by Crippen LogP contribution is 2.29. The molecule has 1 unspecified atom stereocenters. The predicted molar refractivity (Wildman–Crippen MR) is 89.9 cm³/mol. The number of nitrogens with zero attached hydrogens (tertiary/aromatic N) is 4. The van der Waals surface area contributed by atoms with Crippen molar-refractivity contribution in [3.63, 3.8) is 0 Å². The summed E-state index contributed by atoms with van der Waals surface area (Å²) in [4.78, 5) is 22.3. The van der Waals surface area contributed by atoms with E-state index in [1.807, 2.05) is 18.5 Å². The zero-order valence-electron chi connectivity index (χ0n) is 14.3. The predicted octanol–water partition coefficient (Wildman–Crippen LogP) is 2.39. The summed E-state index contributed by atoms with van der Waals surface area (Å²) in [5.41, 5.74) is 0.775. The maximum Gasteiger partial charge on any atom is 0.263 e. The Kier molecular flexibility index (Phi) is 4.00. The molecule has 0 radical (unpaired) electrons. The Morgan fingerprint density at radius 2 is 2.04 bits per heavy atom. The molecule has 1 N–H and O–H groups in total. The molecule has 1 atom stereocenters. The van der Waals surface area contributed by atoms with Crippen molar-refractivity contribution < 1.29 is 4.79 Å². The van der Waals surface area contributed by atoms with Crippen LogP contribution in [0.5, 0.6) is 0 Å². The molecule has 124 valence electrons. The van der Waals surface area contributed by atoms with Gasteiger partial charge in [-0.25, -0.2) is 14.6 Å². The van der Waals surface area contributed by atoms with Crippen LogP contribution in [0.4, 0.5) is 0 Å². The minimum atomic E-state index is -0.0358. The van der Waals surface area contributed by atoms with Gasteiger partial charge in [-0.05, 0) is 20.3 Å². The first-order valence-electron chi connectivity index (χ1n) is 7.93. The number of nitrogens with one attached hydrogen (secondary N) is 1. The molecule has 0 bridgehead atoms. The van der Waals surface area contributed by atoms with E-state index in [1.165, 1.54) is 11.3 Å². The van der Waals surface area contributed by atoms with E-state index in [2.05, 4.69) is 41.2 Å². The van der Waals surface area contributed by atoms with E-state index in [4.69, 9.17) is 0 Å². The molecule has 2 aromatic heterocycles. The molecule has 6 nitrogen and oxygen atoms in total. The number of fused-ring (bicyclic) bond motifs is 1. The fraction of sp³-hybridized carbons (Fsp3) is 0.625. The van der Waals surface area contributed by atoms with Crippen molar-refractivity contribution in [1.82, 2.24) is 25.1 Å². The topological polar surface area (TPSA) is 72.7 Å². The minimum absolute atomic E-state index is 0.0270. The lowest BCUT2D eigenvalue weighted by atomic mass is 9.98. The van der Waals surface area contributed by atoms with Gasteiger partial charge < -0.3 is 5.32 Å². The molecular formula is C16H23N5OS. The van der Waals surface area contributed by atoms with Crippen LogP contribution in [0.2, 0.25) is 0 Å². The molecule has 3 rings (SSSR count). The number of hydrogen-bond acceptors (Lipinski definition) is 5. The molecule has 2 aromatic rings. The van der Waals surface area contributed by atoms with E-state index >= 15 is 0 Å². The van der Waals surface area contributed by atoms with Gasteiger partial charge in [0.25, 0.3) is 5.91 Å². The second-order valence-corrected chi connectivity index (χ2v) is 8.15. The minimum Gasteiger partial charge on any atom is -0.347 e. The largest absolute Gasteiger partial charge is 0.347 e. The fourth-order valence-corrected chi connectivity index (χ4v) is 3.76. The van der Waals surface area contributed by atoms with Crippen LogP contribution in [0.25, 0.3) is 0 Å². The van der Waals surface area contributed by atoms with Crippen molar-refractivity contribution in [1.29, 1.82) is 0 Å². The highest BCUT2D eigenvalue weighted by Gasteiger charge is 2.26. The number of rotatable bonds is 2. The number of aryl methyl sites for hydroxylation is 3. The van der Waals surface area contributed by atoms with E-state index in [0.717, 1.165) is 40.1 Å². The lowest BCUT2D eigenvalue weighted by Crippen LogP contribution is -2.41. The average Bonchev–Trinajstić information content (AvgIpc) is 2.99. The number of thiazole rings is 1. The number of carbonyl (C=O) groups is 1. The monoisotopic (exact) mass is 333 g/mol. The van der Waals surface area contributed by atoms with Crippen molar-refractivity contribution in [2.24, 2.45) is 0 Å². The Bertz CT molecular complexity index is 740. The second kappa shape index (κ2) is 5.70. The van der Waals surface area contributed by atoms with E-state index in [-0.39, 0.29) is 17.4 Å². The molecule has 23 heavy (non-hydrogen) atoms. The van der Waals surface area contributed by atoms with Crippen LogP contribution in [0, 0.1) is 13.8 Å². The molecule has 7 heteroatoms. The fourth-order valence-electron chi connectivity index (χ4n) is 2.73. The molecular weight excluding hydrogens is 310 g/mol. The third kappa shape index (κ3) is 3.29. The third-order valence-electron chi connectivity index (χ3n) is 3.94. The Morgan fingerprint density at radius 3 is 2.70 bits per heavy atom. The molecule has 3 heterocycles. The van der Waals surface area contributed by atoms with Crippen molar-refractivity contribution in [2.75, 3.05) is 0 Å². The van der Waals surface area contributed by atoms with Gasteiger partial charge in [0.1, 0.15) is 16.5 Å². The van der Waals surface area contributed by atoms with Gasteiger partial charge in [0.15, 0.2) is 0 Å². The number of aromatic nitrogens is 4. The molecule has 0 saturated heterocycles. The summed E-state index contributed by atoms with van der Waals surface area (Å²) in [7, 11) is 0. The van der Waals surface area contributed by atoms with Gasteiger partial charge in [0, 0.05) is 17.9 Å². The van der Waals surface area contributed by atoms with Gasteiger partial charge in [0.2, 0.25) is 0 Å². The highest BCUT2D eigenvalue weighted by atomic mass is 32.1. The van der Waals surface area contributed by atoms with E-state index < -0.39 is 0 Å². The van der Waals surface area contributed by atoms with Crippen LogP contribution in [-0.2, 0) is 18.4 Å². The molecule has 0 aliphatic carbocycles. The van der Waals surface area contributed by atoms with Crippen LogP contribution in [0.1, 0.15) is 59.2 Å². The Morgan fingerprint density at radius 1 is 1.30 bits per heavy atom. The first-order chi connectivity index (χ1) is 10.7. The number of amides is 1. The van der Waals surface area contributed by atoms with Gasteiger partial charge in [-0.1, -0.05) is 20.8 Å². The second-order valence-electron chi connectivity index (χ2n) is 7.15. The molecule has 1 amide bonds. The van der Waals surface area contributed by atoms with Gasteiger partial charge in [-0.3, -0.25) is 4.79 Å². The smallest absolute Gasteiger partial charge is 0.263 e. The molecule has 0 saturated carbocycles. The summed E-state index contributed by atoms with van der Waals surface area (Å²) >= 11 is 1.49. The Hall–Kier alpha value is -1.76. The number of carbonyl (C=O) groups excluding carboxylic acids is 1. The van der Waals surface area contributed by atoms with Gasteiger partial charge in [-0.15, -0.1) is 11.3 Å². The van der Waals surface area contributed by atoms with Crippen molar-refractivity contribution >= 4 is 17.2 Å². The van der Waals surface area contributed by atoms with Crippen LogP contribution < -0.4 is 5.32 Å². The lowest BCUT2D eigenvalue weighted by Gasteiger charge is -2.23. The normalized spacial score (nSPS) is 17.9. The maximum atomic E-state index is 12.6. The molecule has 0 aromatic carbocycles. The highest BCUT2D eigenvalue weighted by molar-refractivity contribution is 7.14. The lowest BCUT2D eigenvalue weighted by molar-refractivity contribution is 0.0929. The van der Waals surface area contributed by atoms with Crippen LogP contribution in [0.15, 0.2) is 0 Å². The standard InChI is InChI=1S/C16H23N5OS/c1-9-13(23-15(17-9)16(3,4)5)14(22)19-11-6-7-12-18-10(2)20-21(12)8-11/h11H,6-8H2,1-5H3,(H,19,22).